The molecular weight excluding hydrogens is 514 g/mol. The number of hydrogen-bond acceptors (Lipinski definition) is 6. The molecule has 9 heteroatoms. The Balaban J connectivity index is 2.03. The first kappa shape index (κ1) is 20.8. The first-order chi connectivity index (χ1) is 13.2. The van der Waals surface area contributed by atoms with E-state index >= 15 is 0 Å². The zero-order chi connectivity index (χ0) is 20.6. The Bertz CT molecular complexity index is 1170. The molecule has 0 bridgehead atoms. The second-order valence-corrected chi connectivity index (χ2v) is 8.91. The molecular formula is C19H15Br2NO5S. The predicted molar refractivity (Wildman–Crippen MR) is 116 cm³/mol. The Labute approximate surface area is 181 Å². The lowest BCUT2D eigenvalue weighted by Gasteiger charge is -2.08. The normalized spacial score (nSPS) is 10.9. The van der Waals surface area contributed by atoms with Crippen LogP contribution in [0, 0.1) is 13.8 Å². The van der Waals surface area contributed by atoms with Gasteiger partial charge in [0.05, 0.1) is 16.6 Å². The van der Waals surface area contributed by atoms with Gasteiger partial charge in [0.2, 0.25) is 0 Å². The van der Waals surface area contributed by atoms with E-state index in [0.29, 0.717) is 26.0 Å². The Morgan fingerprint density at radius 1 is 1.21 bits per heavy atom. The van der Waals surface area contributed by atoms with Gasteiger partial charge in [0.15, 0.2) is 5.58 Å². The molecule has 0 aliphatic heterocycles. The smallest absolute Gasteiger partial charge is 0.349 e. The number of anilines is 1. The lowest BCUT2D eigenvalue weighted by Crippen LogP contribution is -2.21. The largest absolute Gasteiger partial charge is 0.462 e. The van der Waals surface area contributed by atoms with E-state index in [0.717, 1.165) is 14.9 Å². The van der Waals surface area contributed by atoms with Crippen molar-refractivity contribution < 1.29 is 18.7 Å². The van der Waals surface area contributed by atoms with Gasteiger partial charge in [-0.15, -0.1) is 11.3 Å². The van der Waals surface area contributed by atoms with Gasteiger partial charge in [0.25, 0.3) is 5.91 Å². The summed E-state index contributed by atoms with van der Waals surface area (Å²) in [7, 11) is 0. The van der Waals surface area contributed by atoms with Gasteiger partial charge in [-0.3, -0.25) is 4.79 Å². The second kappa shape index (κ2) is 8.18. The van der Waals surface area contributed by atoms with Gasteiger partial charge in [-0.05, 0) is 60.5 Å². The molecule has 0 atom stereocenters. The third-order valence-electron chi connectivity index (χ3n) is 4.09. The first-order valence-corrected chi connectivity index (χ1v) is 10.6. The van der Waals surface area contributed by atoms with Crippen LogP contribution in [0.25, 0.3) is 11.0 Å². The van der Waals surface area contributed by atoms with Crippen molar-refractivity contribution >= 4 is 71.0 Å². The van der Waals surface area contributed by atoms with Crippen molar-refractivity contribution in [2.75, 3.05) is 11.9 Å². The van der Waals surface area contributed by atoms with Gasteiger partial charge < -0.3 is 14.5 Å². The summed E-state index contributed by atoms with van der Waals surface area (Å²) in [5, 5.41) is 3.58. The maximum absolute atomic E-state index is 12.8. The summed E-state index contributed by atoms with van der Waals surface area (Å²) in [5.74, 6) is -1.17. The molecule has 3 rings (SSSR count). The minimum Gasteiger partial charge on any atom is -0.462 e. The molecule has 1 N–H and O–H groups in total. The van der Waals surface area contributed by atoms with E-state index in [1.807, 2.05) is 6.92 Å². The van der Waals surface area contributed by atoms with Crippen molar-refractivity contribution in [1.29, 1.82) is 0 Å². The van der Waals surface area contributed by atoms with Crippen molar-refractivity contribution in [3.8, 4) is 0 Å². The summed E-state index contributed by atoms with van der Waals surface area (Å²) in [4.78, 5) is 38.3. The van der Waals surface area contributed by atoms with Crippen molar-refractivity contribution in [2.24, 2.45) is 0 Å². The van der Waals surface area contributed by atoms with E-state index in [4.69, 9.17) is 9.15 Å². The van der Waals surface area contributed by atoms with E-state index in [9.17, 15) is 14.4 Å². The molecule has 0 aliphatic rings. The number of thiophene rings is 1. The third-order valence-corrected chi connectivity index (χ3v) is 6.26. The number of ether oxygens (including phenoxy) is 1. The molecule has 28 heavy (non-hydrogen) atoms. The molecule has 2 heterocycles. The monoisotopic (exact) mass is 527 g/mol. The first-order valence-electron chi connectivity index (χ1n) is 8.24. The van der Waals surface area contributed by atoms with E-state index in [-0.39, 0.29) is 12.2 Å². The summed E-state index contributed by atoms with van der Waals surface area (Å²) in [5.41, 5.74) is 0.456. The van der Waals surface area contributed by atoms with E-state index in [2.05, 4.69) is 37.2 Å². The van der Waals surface area contributed by atoms with Crippen molar-refractivity contribution in [3.63, 3.8) is 0 Å². The summed E-state index contributed by atoms with van der Waals surface area (Å²) < 4.78 is 11.8. The zero-order valence-electron chi connectivity index (χ0n) is 15.1. The number of aryl methyl sites for hydroxylation is 1. The number of benzene rings is 1. The summed E-state index contributed by atoms with van der Waals surface area (Å²) in [6, 6.07) is 4.94. The number of rotatable bonds is 4. The van der Waals surface area contributed by atoms with Gasteiger partial charge in [-0.1, -0.05) is 15.9 Å². The van der Waals surface area contributed by atoms with E-state index in [1.54, 1.807) is 26.0 Å². The average molecular weight is 529 g/mol. The lowest BCUT2D eigenvalue weighted by atomic mass is 10.1. The van der Waals surface area contributed by atoms with E-state index < -0.39 is 17.5 Å². The summed E-state index contributed by atoms with van der Waals surface area (Å²) in [6.07, 6.45) is 0. The minimum absolute atomic E-state index is 0.156. The molecule has 0 fully saturated rings. The SMILES string of the molecule is CCOC(=O)c1c(NC(=O)c2cc3cc(Br)cc(Br)c3oc2=O)sc(C)c1C. The van der Waals surface area contributed by atoms with Gasteiger partial charge in [-0.2, -0.15) is 0 Å². The molecule has 0 aliphatic carbocycles. The zero-order valence-corrected chi connectivity index (χ0v) is 19.1. The number of nitrogens with one attached hydrogen (secondary N) is 1. The highest BCUT2D eigenvalue weighted by Gasteiger charge is 2.24. The van der Waals surface area contributed by atoms with Gasteiger partial charge in [0.1, 0.15) is 10.6 Å². The molecule has 146 valence electrons. The molecule has 0 saturated heterocycles. The molecule has 0 radical (unpaired) electrons. The number of fused-ring (bicyclic) bond motifs is 1. The van der Waals surface area contributed by atoms with Crippen molar-refractivity contribution in [3.05, 3.63) is 59.1 Å². The van der Waals surface area contributed by atoms with Gasteiger partial charge in [-0.25, -0.2) is 9.59 Å². The molecule has 0 unspecified atom stereocenters. The van der Waals surface area contributed by atoms with Crippen LogP contribution in [0.3, 0.4) is 0 Å². The van der Waals surface area contributed by atoms with Crippen LogP contribution in [0.15, 0.2) is 36.4 Å². The number of carbonyl (C=O) groups excluding carboxylic acids is 2. The van der Waals surface area contributed by atoms with Crippen LogP contribution in [0.2, 0.25) is 0 Å². The lowest BCUT2D eigenvalue weighted by molar-refractivity contribution is 0.0527. The Kier molecular flexibility index (Phi) is 6.07. The van der Waals surface area contributed by atoms with E-state index in [1.165, 1.54) is 17.4 Å². The van der Waals surface area contributed by atoms with Crippen LogP contribution < -0.4 is 10.9 Å². The fraction of sp³-hybridized carbons (Fsp3) is 0.211. The summed E-state index contributed by atoms with van der Waals surface area (Å²) in [6.45, 7) is 5.56. The van der Waals surface area contributed by atoms with Crippen molar-refractivity contribution in [2.45, 2.75) is 20.8 Å². The minimum atomic E-state index is -0.768. The predicted octanol–water partition coefficient (Wildman–Crippen LogP) is 5.43. The molecule has 6 nitrogen and oxygen atoms in total. The third kappa shape index (κ3) is 3.92. The highest BCUT2D eigenvalue weighted by molar-refractivity contribution is 9.11. The molecule has 2 aromatic heterocycles. The molecule has 1 aromatic carbocycles. The second-order valence-electron chi connectivity index (χ2n) is 5.92. The average Bonchev–Trinajstić information content (AvgIpc) is 2.89. The maximum atomic E-state index is 12.8. The van der Waals surface area contributed by atoms with Gasteiger partial charge in [0, 0.05) is 14.7 Å². The molecule has 3 aromatic rings. The number of carbonyl (C=O) groups is 2. The molecule has 0 saturated carbocycles. The fourth-order valence-electron chi connectivity index (χ4n) is 2.65. The highest BCUT2D eigenvalue weighted by atomic mass is 79.9. The van der Waals surface area contributed by atoms with Crippen molar-refractivity contribution in [1.82, 2.24) is 0 Å². The Morgan fingerprint density at radius 3 is 2.61 bits per heavy atom. The fourth-order valence-corrected chi connectivity index (χ4v) is 5.03. The van der Waals surface area contributed by atoms with Crippen LogP contribution in [0.4, 0.5) is 5.00 Å². The number of esters is 1. The van der Waals surface area contributed by atoms with Crippen LogP contribution in [0.1, 0.15) is 38.1 Å². The van der Waals surface area contributed by atoms with Crippen LogP contribution >= 0.6 is 43.2 Å². The molecule has 1 amide bonds. The Morgan fingerprint density at radius 2 is 1.93 bits per heavy atom. The van der Waals surface area contributed by atoms with Crippen LogP contribution in [0.5, 0.6) is 0 Å². The van der Waals surface area contributed by atoms with Crippen LogP contribution in [-0.2, 0) is 4.74 Å². The topological polar surface area (TPSA) is 85.6 Å². The summed E-state index contributed by atoms with van der Waals surface area (Å²) >= 11 is 7.96. The standard InChI is InChI=1S/C19H15Br2NO5S/c1-4-26-19(25)14-8(2)9(3)28-17(14)22-16(23)12-6-10-5-11(20)7-13(21)15(10)27-18(12)24/h5-7H,4H2,1-3H3,(H,22,23). The molecule has 0 spiro atoms. The van der Waals surface area contributed by atoms with Gasteiger partial charge >= 0.3 is 11.6 Å². The number of hydrogen-bond donors (Lipinski definition) is 1. The quantitative estimate of drug-likeness (QED) is 0.360. The maximum Gasteiger partial charge on any atom is 0.349 e. The Hall–Kier alpha value is -1.97. The number of halogens is 2. The van der Waals surface area contributed by atoms with Crippen LogP contribution in [-0.4, -0.2) is 18.5 Å². The highest BCUT2D eigenvalue weighted by Crippen LogP contribution is 2.33. The number of amides is 1.